The molecule has 0 amide bonds. The van der Waals surface area contributed by atoms with E-state index in [1.165, 1.54) is 0 Å². The summed E-state index contributed by atoms with van der Waals surface area (Å²) < 4.78 is 5.36. The minimum absolute atomic E-state index is 0.0271. The van der Waals surface area contributed by atoms with E-state index in [0.29, 0.717) is 5.69 Å². The maximum atomic E-state index is 8.65. The minimum atomic E-state index is 0.0271. The van der Waals surface area contributed by atoms with Crippen molar-refractivity contribution in [1.29, 1.82) is 0 Å². The Morgan fingerprint density at radius 1 is 1.53 bits per heavy atom. The summed E-state index contributed by atoms with van der Waals surface area (Å²) >= 11 is 0. The molecule has 1 heterocycles. The molecule has 0 atom stereocenters. The van der Waals surface area contributed by atoms with Crippen LogP contribution < -0.4 is 5.73 Å². The molecule has 0 aliphatic carbocycles. The topological polar surface area (TPSA) is 84.0 Å². The van der Waals surface area contributed by atoms with Gasteiger partial charge in [-0.2, -0.15) is 0 Å². The predicted octanol–water partition coefficient (Wildman–Crippen LogP) is 1.03. The van der Waals surface area contributed by atoms with Crippen molar-refractivity contribution in [2.45, 2.75) is 20.4 Å². The molecular formula is C13H22N4O2. The van der Waals surface area contributed by atoms with Crippen molar-refractivity contribution in [3.05, 3.63) is 29.6 Å². The van der Waals surface area contributed by atoms with Gasteiger partial charge in [0.1, 0.15) is 5.69 Å². The van der Waals surface area contributed by atoms with Gasteiger partial charge in [-0.1, -0.05) is 12.1 Å². The molecule has 1 aromatic rings. The van der Waals surface area contributed by atoms with E-state index in [0.717, 1.165) is 38.4 Å². The Balaban J connectivity index is 2.64. The summed E-state index contributed by atoms with van der Waals surface area (Å²) in [5, 5.41) is 11.6. The summed E-state index contributed by atoms with van der Waals surface area (Å²) in [5.74, 6) is 0.0271. The van der Waals surface area contributed by atoms with E-state index in [-0.39, 0.29) is 5.84 Å². The molecule has 1 rings (SSSR count). The molecule has 1 aromatic heterocycles. The lowest BCUT2D eigenvalue weighted by molar-refractivity contribution is 0.113. The maximum absolute atomic E-state index is 8.65. The first-order chi connectivity index (χ1) is 9.21. The first kappa shape index (κ1) is 15.4. The van der Waals surface area contributed by atoms with Gasteiger partial charge in [-0.25, -0.2) is 0 Å². The van der Waals surface area contributed by atoms with E-state index in [4.69, 9.17) is 15.7 Å². The zero-order valence-corrected chi connectivity index (χ0v) is 11.5. The van der Waals surface area contributed by atoms with Crippen molar-refractivity contribution in [2.24, 2.45) is 10.9 Å². The smallest absolute Gasteiger partial charge is 0.188 e. The summed E-state index contributed by atoms with van der Waals surface area (Å²) in [7, 11) is 0. The number of hydrogen-bond acceptors (Lipinski definition) is 5. The van der Waals surface area contributed by atoms with Crippen molar-refractivity contribution >= 4 is 5.84 Å². The molecule has 0 bridgehead atoms. The van der Waals surface area contributed by atoms with Gasteiger partial charge in [0.2, 0.25) is 0 Å². The number of nitrogens with zero attached hydrogens (tertiary/aromatic N) is 3. The number of nitrogens with two attached hydrogens (primary N) is 1. The molecule has 19 heavy (non-hydrogen) atoms. The highest BCUT2D eigenvalue weighted by atomic mass is 16.5. The van der Waals surface area contributed by atoms with E-state index in [1.807, 2.05) is 19.1 Å². The highest BCUT2D eigenvalue weighted by Crippen LogP contribution is 2.06. The third-order valence-electron chi connectivity index (χ3n) is 2.80. The Kier molecular flexibility index (Phi) is 6.84. The summed E-state index contributed by atoms with van der Waals surface area (Å²) in [6, 6.07) is 3.76. The first-order valence-corrected chi connectivity index (χ1v) is 6.44. The number of ether oxygens (including phenoxy) is 1. The van der Waals surface area contributed by atoms with Gasteiger partial charge in [0, 0.05) is 25.9 Å². The van der Waals surface area contributed by atoms with Crippen molar-refractivity contribution in [3.8, 4) is 0 Å². The van der Waals surface area contributed by atoms with Gasteiger partial charge in [0.25, 0.3) is 0 Å². The molecule has 0 fully saturated rings. The van der Waals surface area contributed by atoms with Gasteiger partial charge in [-0.15, -0.1) is 0 Å². The number of hydrogen-bond donors (Lipinski definition) is 2. The summed E-state index contributed by atoms with van der Waals surface area (Å²) in [5.41, 5.74) is 7.09. The average molecular weight is 266 g/mol. The van der Waals surface area contributed by atoms with Crippen LogP contribution in [0.25, 0.3) is 0 Å². The molecule has 3 N–H and O–H groups in total. The van der Waals surface area contributed by atoms with Crippen molar-refractivity contribution in [3.63, 3.8) is 0 Å². The molecular weight excluding hydrogens is 244 g/mol. The summed E-state index contributed by atoms with van der Waals surface area (Å²) in [6.45, 7) is 8.17. The molecule has 6 heteroatoms. The van der Waals surface area contributed by atoms with E-state index >= 15 is 0 Å². The largest absolute Gasteiger partial charge is 0.409 e. The third-order valence-corrected chi connectivity index (χ3v) is 2.80. The van der Waals surface area contributed by atoms with Crippen LogP contribution in [0.5, 0.6) is 0 Å². The lowest BCUT2D eigenvalue weighted by Crippen LogP contribution is -2.27. The molecule has 0 aliphatic rings. The van der Waals surface area contributed by atoms with Gasteiger partial charge in [-0.3, -0.25) is 9.88 Å². The number of oxime groups is 1. The Morgan fingerprint density at radius 2 is 2.32 bits per heavy atom. The highest BCUT2D eigenvalue weighted by Gasteiger charge is 2.06. The lowest BCUT2D eigenvalue weighted by Gasteiger charge is -2.20. The van der Waals surface area contributed by atoms with Crippen LogP contribution in [-0.2, 0) is 11.3 Å². The van der Waals surface area contributed by atoms with Crippen LogP contribution >= 0.6 is 0 Å². The summed E-state index contributed by atoms with van der Waals surface area (Å²) in [6.07, 6.45) is 1.67. The van der Waals surface area contributed by atoms with Gasteiger partial charge >= 0.3 is 0 Å². The minimum Gasteiger partial charge on any atom is -0.409 e. The zero-order chi connectivity index (χ0) is 14.1. The quantitative estimate of drug-likeness (QED) is 0.241. The van der Waals surface area contributed by atoms with Crippen LogP contribution in [0.2, 0.25) is 0 Å². The molecule has 0 aliphatic heterocycles. The molecule has 0 radical (unpaired) electrons. The second-order valence-corrected chi connectivity index (χ2v) is 4.10. The van der Waals surface area contributed by atoms with Gasteiger partial charge in [0.15, 0.2) is 5.84 Å². The van der Waals surface area contributed by atoms with E-state index in [1.54, 1.807) is 6.20 Å². The third kappa shape index (κ3) is 5.23. The molecule has 0 saturated carbocycles. The molecule has 106 valence electrons. The highest BCUT2D eigenvalue weighted by molar-refractivity contribution is 5.95. The number of pyridine rings is 1. The SMILES string of the molecule is CCOCCN(CC)Cc1ccnc(C(N)=NO)c1. The fourth-order valence-corrected chi connectivity index (χ4v) is 1.71. The molecule has 0 aromatic carbocycles. The maximum Gasteiger partial charge on any atom is 0.188 e. The second-order valence-electron chi connectivity index (χ2n) is 4.10. The summed E-state index contributed by atoms with van der Waals surface area (Å²) in [4.78, 5) is 6.32. The van der Waals surface area contributed by atoms with Crippen LogP contribution in [0, 0.1) is 0 Å². The monoisotopic (exact) mass is 266 g/mol. The Morgan fingerprint density at radius 3 is 2.95 bits per heavy atom. The number of likely N-dealkylation sites (N-methyl/N-ethyl adjacent to an activating group) is 1. The van der Waals surface area contributed by atoms with Crippen LogP contribution in [0.4, 0.5) is 0 Å². The van der Waals surface area contributed by atoms with Crippen molar-refractivity contribution in [1.82, 2.24) is 9.88 Å². The Hall–Kier alpha value is -1.66. The number of rotatable bonds is 8. The molecule has 6 nitrogen and oxygen atoms in total. The van der Waals surface area contributed by atoms with Crippen molar-refractivity contribution in [2.75, 3.05) is 26.3 Å². The second kappa shape index (κ2) is 8.44. The Labute approximate surface area is 113 Å². The first-order valence-electron chi connectivity index (χ1n) is 6.44. The standard InChI is InChI=1S/C13H22N4O2/c1-3-17(7-8-19-4-2)10-11-5-6-15-12(9-11)13(14)16-18/h5-6,9,18H,3-4,7-8,10H2,1-2H3,(H2,14,16). The number of amidine groups is 1. The van der Waals surface area contributed by atoms with Crippen LogP contribution in [-0.4, -0.2) is 47.2 Å². The van der Waals surface area contributed by atoms with Gasteiger partial charge in [-0.05, 0) is 31.2 Å². The van der Waals surface area contributed by atoms with Crippen molar-refractivity contribution < 1.29 is 9.94 Å². The fraction of sp³-hybridized carbons (Fsp3) is 0.538. The van der Waals surface area contributed by atoms with E-state index in [9.17, 15) is 0 Å². The normalized spacial score (nSPS) is 12.1. The van der Waals surface area contributed by atoms with E-state index in [2.05, 4.69) is 22.0 Å². The fourth-order valence-electron chi connectivity index (χ4n) is 1.71. The number of aromatic nitrogens is 1. The lowest BCUT2D eigenvalue weighted by atomic mass is 10.2. The van der Waals surface area contributed by atoms with Crippen LogP contribution in [0.15, 0.2) is 23.5 Å². The molecule has 0 saturated heterocycles. The molecule has 0 spiro atoms. The van der Waals surface area contributed by atoms with Crippen LogP contribution in [0.3, 0.4) is 0 Å². The Bertz CT molecular complexity index is 409. The molecule has 0 unspecified atom stereocenters. The van der Waals surface area contributed by atoms with E-state index < -0.39 is 0 Å². The zero-order valence-electron chi connectivity index (χ0n) is 11.5. The average Bonchev–Trinajstić information content (AvgIpc) is 2.45. The van der Waals surface area contributed by atoms with Gasteiger partial charge in [0.05, 0.1) is 6.61 Å². The van der Waals surface area contributed by atoms with Gasteiger partial charge < -0.3 is 15.7 Å². The van der Waals surface area contributed by atoms with Crippen LogP contribution in [0.1, 0.15) is 25.1 Å². The predicted molar refractivity (Wildman–Crippen MR) is 74.2 cm³/mol.